The number of aliphatic hydroxyl groups is 1. The van der Waals surface area contributed by atoms with Crippen LogP contribution in [0.3, 0.4) is 0 Å². The zero-order chi connectivity index (χ0) is 12.6. The molecule has 2 rings (SSSR count). The van der Waals surface area contributed by atoms with Gasteiger partial charge in [0.25, 0.3) is 5.56 Å². The molecule has 0 saturated carbocycles. The maximum atomic E-state index is 11.6. The lowest BCUT2D eigenvalue weighted by Gasteiger charge is -2.14. The van der Waals surface area contributed by atoms with E-state index in [1.165, 1.54) is 10.8 Å². The average molecular weight is 240 g/mol. The Morgan fingerprint density at radius 2 is 2.29 bits per heavy atom. The molecule has 94 valence electrons. The van der Waals surface area contributed by atoms with Crippen molar-refractivity contribution in [1.82, 2.24) is 9.55 Å². The Labute approximate surface area is 97.9 Å². The molecule has 0 amide bonds. The van der Waals surface area contributed by atoms with E-state index < -0.39 is 23.6 Å². The number of hydrogen-bond acceptors (Lipinski definition) is 4. The van der Waals surface area contributed by atoms with Crippen molar-refractivity contribution >= 4 is 0 Å². The number of hydrogen-bond donors (Lipinski definition) is 2. The van der Waals surface area contributed by atoms with Crippen LogP contribution >= 0.6 is 0 Å². The maximum Gasteiger partial charge on any atom is 0.330 e. The first-order valence-corrected chi connectivity index (χ1v) is 5.68. The van der Waals surface area contributed by atoms with Crippen molar-refractivity contribution in [1.29, 1.82) is 0 Å². The summed E-state index contributed by atoms with van der Waals surface area (Å²) in [4.78, 5) is 25.1. The second kappa shape index (κ2) is 4.46. The van der Waals surface area contributed by atoms with E-state index in [1.807, 2.05) is 6.92 Å². The van der Waals surface area contributed by atoms with Gasteiger partial charge in [0.15, 0.2) is 0 Å². The molecule has 0 aliphatic carbocycles. The summed E-state index contributed by atoms with van der Waals surface area (Å²) in [6, 6.07) is 0. The van der Waals surface area contributed by atoms with Crippen LogP contribution < -0.4 is 11.2 Å². The van der Waals surface area contributed by atoms with Crippen LogP contribution in [0.15, 0.2) is 15.8 Å². The van der Waals surface area contributed by atoms with E-state index in [-0.39, 0.29) is 6.10 Å². The van der Waals surface area contributed by atoms with E-state index in [4.69, 9.17) is 4.74 Å². The summed E-state index contributed by atoms with van der Waals surface area (Å²) in [5.74, 6) is 0. The second-order valence-electron chi connectivity index (χ2n) is 4.32. The number of aryl methyl sites for hydroxylation is 1. The van der Waals surface area contributed by atoms with Gasteiger partial charge in [0.2, 0.25) is 0 Å². The molecule has 1 aromatic rings. The van der Waals surface area contributed by atoms with Crippen molar-refractivity contribution in [2.75, 3.05) is 0 Å². The SMILES string of the molecule is CC[C@@H]1O[C@@H](n2cc(C)c(=O)[nH]c2=O)C[C@H]1O. The fraction of sp³-hybridized carbons (Fsp3) is 0.636. The van der Waals surface area contributed by atoms with Gasteiger partial charge in [-0.05, 0) is 13.3 Å². The Balaban J connectivity index is 2.34. The van der Waals surface area contributed by atoms with Gasteiger partial charge in [-0.1, -0.05) is 6.92 Å². The lowest BCUT2D eigenvalue weighted by molar-refractivity contribution is -0.0218. The molecular weight excluding hydrogens is 224 g/mol. The van der Waals surface area contributed by atoms with Gasteiger partial charge in [0.1, 0.15) is 6.23 Å². The smallest absolute Gasteiger partial charge is 0.330 e. The second-order valence-corrected chi connectivity index (χ2v) is 4.32. The van der Waals surface area contributed by atoms with E-state index in [1.54, 1.807) is 6.92 Å². The predicted octanol–water partition coefficient (Wildman–Crippen LogP) is -0.0966. The van der Waals surface area contributed by atoms with Gasteiger partial charge in [0.05, 0.1) is 12.2 Å². The summed E-state index contributed by atoms with van der Waals surface area (Å²) >= 11 is 0. The van der Waals surface area contributed by atoms with Crippen molar-refractivity contribution < 1.29 is 9.84 Å². The number of H-pyrrole nitrogens is 1. The number of nitrogens with zero attached hydrogens (tertiary/aromatic N) is 1. The summed E-state index contributed by atoms with van der Waals surface area (Å²) in [6.07, 6.45) is 1.20. The van der Waals surface area contributed by atoms with E-state index in [0.717, 1.165) is 0 Å². The summed E-state index contributed by atoms with van der Waals surface area (Å²) in [6.45, 7) is 3.54. The first-order valence-electron chi connectivity index (χ1n) is 5.68. The Morgan fingerprint density at radius 1 is 1.59 bits per heavy atom. The third-order valence-electron chi connectivity index (χ3n) is 3.06. The predicted molar refractivity (Wildman–Crippen MR) is 60.9 cm³/mol. The summed E-state index contributed by atoms with van der Waals surface area (Å²) in [7, 11) is 0. The van der Waals surface area contributed by atoms with Crippen molar-refractivity contribution in [3.63, 3.8) is 0 Å². The number of nitrogens with one attached hydrogen (secondary N) is 1. The fourth-order valence-electron chi connectivity index (χ4n) is 2.05. The molecule has 0 aromatic carbocycles. The monoisotopic (exact) mass is 240 g/mol. The molecule has 6 nitrogen and oxygen atoms in total. The molecule has 6 heteroatoms. The van der Waals surface area contributed by atoms with Crippen LogP contribution in [0.4, 0.5) is 0 Å². The molecule has 17 heavy (non-hydrogen) atoms. The van der Waals surface area contributed by atoms with Crippen LogP contribution in [0.5, 0.6) is 0 Å². The average Bonchev–Trinajstić information content (AvgIpc) is 2.65. The molecule has 1 aromatic heterocycles. The van der Waals surface area contributed by atoms with E-state index in [9.17, 15) is 14.7 Å². The topological polar surface area (TPSA) is 84.3 Å². The highest BCUT2D eigenvalue weighted by atomic mass is 16.5. The van der Waals surface area contributed by atoms with Gasteiger partial charge in [-0.3, -0.25) is 14.3 Å². The highest BCUT2D eigenvalue weighted by Gasteiger charge is 2.34. The molecule has 1 aliphatic rings. The van der Waals surface area contributed by atoms with Crippen LogP contribution in [0.25, 0.3) is 0 Å². The minimum Gasteiger partial charge on any atom is -0.390 e. The molecular formula is C11H16N2O4. The zero-order valence-electron chi connectivity index (χ0n) is 9.84. The van der Waals surface area contributed by atoms with Crippen molar-refractivity contribution in [2.45, 2.75) is 45.1 Å². The van der Waals surface area contributed by atoms with Gasteiger partial charge in [0, 0.05) is 18.2 Å². The minimum absolute atomic E-state index is 0.251. The van der Waals surface area contributed by atoms with Gasteiger partial charge in [-0.2, -0.15) is 0 Å². The molecule has 2 N–H and O–H groups in total. The van der Waals surface area contributed by atoms with Crippen LogP contribution in [0, 0.1) is 6.92 Å². The highest BCUT2D eigenvalue weighted by molar-refractivity contribution is 5.01. The number of ether oxygens (including phenoxy) is 1. The van der Waals surface area contributed by atoms with Gasteiger partial charge in [-0.15, -0.1) is 0 Å². The molecule has 1 aliphatic heterocycles. The molecule has 0 radical (unpaired) electrons. The molecule has 1 fully saturated rings. The standard InChI is InChI=1S/C11H16N2O4/c1-3-8-7(14)4-9(17-8)13-5-6(2)10(15)12-11(13)16/h5,7-9,14H,3-4H2,1-2H3,(H,12,15,16)/t7-,8+,9-/m1/s1. The molecule has 0 unspecified atom stereocenters. The largest absolute Gasteiger partial charge is 0.390 e. The number of aromatic amines is 1. The lowest BCUT2D eigenvalue weighted by atomic mass is 10.1. The first kappa shape index (κ1) is 12.1. The molecule has 2 heterocycles. The van der Waals surface area contributed by atoms with E-state index >= 15 is 0 Å². The van der Waals surface area contributed by atoms with Crippen LogP contribution in [-0.4, -0.2) is 26.9 Å². The quantitative estimate of drug-likeness (QED) is 0.756. The minimum atomic E-state index is -0.566. The normalized spacial score (nSPS) is 28.5. The third kappa shape index (κ3) is 2.18. The van der Waals surface area contributed by atoms with Gasteiger partial charge in [-0.25, -0.2) is 4.79 Å². The Bertz CT molecular complexity index is 519. The third-order valence-corrected chi connectivity index (χ3v) is 3.06. The Morgan fingerprint density at radius 3 is 2.88 bits per heavy atom. The highest BCUT2D eigenvalue weighted by Crippen LogP contribution is 2.28. The molecule has 3 atom stereocenters. The number of aliphatic hydroxyl groups excluding tert-OH is 1. The summed E-state index contributed by atoms with van der Waals surface area (Å²) < 4.78 is 6.90. The van der Waals surface area contributed by atoms with Crippen molar-refractivity contribution in [3.05, 3.63) is 32.6 Å². The number of rotatable bonds is 2. The first-order chi connectivity index (χ1) is 8.02. The van der Waals surface area contributed by atoms with Crippen molar-refractivity contribution in [2.24, 2.45) is 0 Å². The zero-order valence-corrected chi connectivity index (χ0v) is 9.84. The number of aromatic nitrogens is 2. The lowest BCUT2D eigenvalue weighted by Crippen LogP contribution is -2.33. The maximum absolute atomic E-state index is 11.6. The van der Waals surface area contributed by atoms with Gasteiger partial charge < -0.3 is 9.84 Å². The Hall–Kier alpha value is -1.40. The van der Waals surface area contributed by atoms with E-state index in [2.05, 4.69) is 4.98 Å². The molecule has 0 spiro atoms. The van der Waals surface area contributed by atoms with Crippen molar-refractivity contribution in [3.8, 4) is 0 Å². The van der Waals surface area contributed by atoms with E-state index in [0.29, 0.717) is 18.4 Å². The van der Waals surface area contributed by atoms with Crippen LogP contribution in [-0.2, 0) is 4.74 Å². The molecule has 1 saturated heterocycles. The summed E-state index contributed by atoms with van der Waals surface area (Å²) in [5, 5.41) is 9.72. The molecule has 0 bridgehead atoms. The van der Waals surface area contributed by atoms with Crippen LogP contribution in [0.1, 0.15) is 31.6 Å². The van der Waals surface area contributed by atoms with Gasteiger partial charge >= 0.3 is 5.69 Å². The van der Waals surface area contributed by atoms with Crippen LogP contribution in [0.2, 0.25) is 0 Å². The fourth-order valence-corrected chi connectivity index (χ4v) is 2.05. The summed E-state index contributed by atoms with van der Waals surface area (Å²) in [5.41, 5.74) is -0.450. The Kier molecular flexibility index (Phi) is 3.17.